The van der Waals surface area contributed by atoms with E-state index in [0.717, 1.165) is 36.7 Å². The third-order valence-corrected chi connectivity index (χ3v) is 8.09. The van der Waals surface area contributed by atoms with Gasteiger partial charge in [0.15, 0.2) is 0 Å². The first kappa shape index (κ1) is 17.9. The Labute approximate surface area is 166 Å². The maximum absolute atomic E-state index is 13.4. The van der Waals surface area contributed by atoms with Crippen molar-refractivity contribution in [3.05, 3.63) is 77.9 Å². The van der Waals surface area contributed by atoms with Gasteiger partial charge in [0.05, 0.1) is 4.90 Å². The summed E-state index contributed by atoms with van der Waals surface area (Å²) in [5.74, 6) is 0. The van der Waals surface area contributed by atoms with Gasteiger partial charge in [0, 0.05) is 37.6 Å². The molecule has 2 aliphatic rings. The summed E-state index contributed by atoms with van der Waals surface area (Å²) in [6, 6.07) is 22.1. The fraction of sp³-hybridized carbons (Fsp3) is 0.304. The second-order valence-corrected chi connectivity index (χ2v) is 9.68. The normalized spacial score (nSPS) is 21.1. The summed E-state index contributed by atoms with van der Waals surface area (Å²) in [5.41, 5.74) is 2.81. The van der Waals surface area contributed by atoms with Crippen LogP contribution < -0.4 is 0 Å². The number of rotatable bonds is 3. The van der Waals surface area contributed by atoms with Gasteiger partial charge in [-0.25, -0.2) is 8.42 Å². The molecule has 0 saturated carbocycles. The summed E-state index contributed by atoms with van der Waals surface area (Å²) in [7, 11) is -3.49. The number of hydrogen-bond acceptors (Lipinski definition) is 3. The van der Waals surface area contributed by atoms with Crippen LogP contribution in [0.25, 0.3) is 10.8 Å². The van der Waals surface area contributed by atoms with Gasteiger partial charge in [0.2, 0.25) is 10.0 Å². The molecule has 5 heteroatoms. The summed E-state index contributed by atoms with van der Waals surface area (Å²) < 4.78 is 28.4. The van der Waals surface area contributed by atoms with E-state index in [1.807, 2.05) is 36.4 Å². The van der Waals surface area contributed by atoms with E-state index < -0.39 is 10.0 Å². The van der Waals surface area contributed by atoms with Gasteiger partial charge in [-0.2, -0.15) is 4.31 Å². The van der Waals surface area contributed by atoms with Crippen LogP contribution in [0.5, 0.6) is 0 Å². The molecule has 1 unspecified atom stereocenters. The molecule has 2 aliphatic heterocycles. The minimum Gasteiger partial charge on any atom is -0.294 e. The Kier molecular flexibility index (Phi) is 4.46. The number of hydrogen-bond donors (Lipinski definition) is 0. The van der Waals surface area contributed by atoms with Gasteiger partial charge in [-0.3, -0.25) is 4.90 Å². The molecule has 3 aromatic carbocycles. The first-order valence-electron chi connectivity index (χ1n) is 9.92. The smallest absolute Gasteiger partial charge is 0.243 e. The molecule has 5 rings (SSSR count). The Morgan fingerprint density at radius 1 is 0.821 bits per heavy atom. The quantitative estimate of drug-likeness (QED) is 0.683. The molecular formula is C23H24N2O2S. The standard InChI is InChI=1S/C23H24N2O2S/c26-28(27,23-11-5-9-19-7-3-4-10-22(19)23)25-15-13-21(17-25)24-14-12-18-6-1-2-8-20(18)16-24/h1-11,21H,12-17H2. The number of fused-ring (bicyclic) bond motifs is 2. The third kappa shape index (κ3) is 3.04. The second kappa shape index (κ2) is 6.99. The highest BCUT2D eigenvalue weighted by Gasteiger charge is 2.36. The average molecular weight is 393 g/mol. The van der Waals surface area contributed by atoms with Gasteiger partial charge in [0.1, 0.15) is 0 Å². The van der Waals surface area contributed by atoms with Crippen LogP contribution in [-0.2, 0) is 23.0 Å². The summed E-state index contributed by atoms with van der Waals surface area (Å²) in [6.45, 7) is 3.09. The highest BCUT2D eigenvalue weighted by molar-refractivity contribution is 7.89. The monoisotopic (exact) mass is 392 g/mol. The number of benzene rings is 3. The van der Waals surface area contributed by atoms with Crippen LogP contribution in [0.2, 0.25) is 0 Å². The molecular weight excluding hydrogens is 368 g/mol. The zero-order valence-corrected chi connectivity index (χ0v) is 16.6. The summed E-state index contributed by atoms with van der Waals surface area (Å²) in [4.78, 5) is 2.89. The lowest BCUT2D eigenvalue weighted by Gasteiger charge is -2.33. The zero-order valence-electron chi connectivity index (χ0n) is 15.8. The van der Waals surface area contributed by atoms with Crippen molar-refractivity contribution in [3.63, 3.8) is 0 Å². The number of nitrogens with zero attached hydrogens (tertiary/aromatic N) is 2. The molecule has 0 spiro atoms. The average Bonchev–Trinajstić information content (AvgIpc) is 3.24. The third-order valence-electron chi connectivity index (χ3n) is 6.17. The van der Waals surface area contributed by atoms with Crippen molar-refractivity contribution in [3.8, 4) is 0 Å². The molecule has 0 aromatic heterocycles. The van der Waals surface area contributed by atoms with Crippen LogP contribution in [0, 0.1) is 0 Å². The van der Waals surface area contributed by atoms with Crippen molar-refractivity contribution in [2.75, 3.05) is 19.6 Å². The van der Waals surface area contributed by atoms with Crippen molar-refractivity contribution in [2.24, 2.45) is 0 Å². The Morgan fingerprint density at radius 2 is 1.57 bits per heavy atom. The van der Waals surface area contributed by atoms with E-state index in [9.17, 15) is 8.42 Å². The van der Waals surface area contributed by atoms with Gasteiger partial charge >= 0.3 is 0 Å². The molecule has 4 nitrogen and oxygen atoms in total. The highest BCUT2D eigenvalue weighted by atomic mass is 32.2. The van der Waals surface area contributed by atoms with Gasteiger partial charge in [0.25, 0.3) is 0 Å². The summed E-state index contributed by atoms with van der Waals surface area (Å²) in [6.07, 6.45) is 1.94. The van der Waals surface area contributed by atoms with Gasteiger partial charge in [-0.15, -0.1) is 0 Å². The molecule has 0 bridgehead atoms. The van der Waals surface area contributed by atoms with E-state index >= 15 is 0 Å². The van der Waals surface area contributed by atoms with Crippen molar-refractivity contribution in [1.29, 1.82) is 0 Å². The maximum Gasteiger partial charge on any atom is 0.243 e. The van der Waals surface area contributed by atoms with E-state index in [4.69, 9.17) is 0 Å². The largest absolute Gasteiger partial charge is 0.294 e. The zero-order chi connectivity index (χ0) is 19.1. The number of sulfonamides is 1. The van der Waals surface area contributed by atoms with Crippen LogP contribution in [0.15, 0.2) is 71.6 Å². The molecule has 0 N–H and O–H groups in total. The minimum atomic E-state index is -3.49. The molecule has 0 radical (unpaired) electrons. The topological polar surface area (TPSA) is 40.6 Å². The second-order valence-electron chi connectivity index (χ2n) is 7.77. The van der Waals surface area contributed by atoms with Crippen LogP contribution >= 0.6 is 0 Å². The summed E-state index contributed by atoms with van der Waals surface area (Å²) in [5, 5.41) is 1.77. The van der Waals surface area contributed by atoms with Gasteiger partial charge < -0.3 is 0 Å². The maximum atomic E-state index is 13.4. The first-order valence-corrected chi connectivity index (χ1v) is 11.4. The SMILES string of the molecule is O=S(=O)(c1cccc2ccccc12)N1CCC(N2CCc3ccccc3C2)C1. The van der Waals surface area contributed by atoms with Crippen LogP contribution in [0.1, 0.15) is 17.5 Å². The van der Waals surface area contributed by atoms with Crippen molar-refractivity contribution < 1.29 is 8.42 Å². The van der Waals surface area contributed by atoms with Crippen LogP contribution in [-0.4, -0.2) is 43.3 Å². The predicted molar refractivity (Wildman–Crippen MR) is 112 cm³/mol. The lowest BCUT2D eigenvalue weighted by molar-refractivity contribution is 0.185. The van der Waals surface area contributed by atoms with Crippen LogP contribution in [0.4, 0.5) is 0 Å². The fourth-order valence-corrected chi connectivity index (χ4v) is 6.32. The van der Waals surface area contributed by atoms with Gasteiger partial charge in [-0.05, 0) is 35.4 Å². The Balaban J connectivity index is 1.38. The fourth-order valence-electron chi connectivity index (χ4n) is 4.62. The van der Waals surface area contributed by atoms with Crippen molar-refractivity contribution in [1.82, 2.24) is 9.21 Å². The lowest BCUT2D eigenvalue weighted by Crippen LogP contribution is -2.41. The molecule has 0 amide bonds. The predicted octanol–water partition coefficient (Wildman–Crippen LogP) is 3.66. The molecule has 1 fully saturated rings. The molecule has 1 saturated heterocycles. The van der Waals surface area contributed by atoms with Crippen LogP contribution in [0.3, 0.4) is 0 Å². The van der Waals surface area contributed by atoms with E-state index in [1.54, 1.807) is 10.4 Å². The minimum absolute atomic E-state index is 0.290. The molecule has 3 aromatic rings. The molecule has 2 heterocycles. The van der Waals surface area contributed by atoms with E-state index in [0.29, 0.717) is 18.0 Å². The molecule has 1 atom stereocenters. The Hall–Kier alpha value is -2.21. The highest BCUT2D eigenvalue weighted by Crippen LogP contribution is 2.30. The van der Waals surface area contributed by atoms with E-state index in [-0.39, 0.29) is 6.04 Å². The van der Waals surface area contributed by atoms with Gasteiger partial charge in [-0.1, -0.05) is 60.7 Å². The molecule has 0 aliphatic carbocycles. The molecule has 144 valence electrons. The summed E-state index contributed by atoms with van der Waals surface area (Å²) >= 11 is 0. The van der Waals surface area contributed by atoms with Crippen molar-refractivity contribution in [2.45, 2.75) is 30.3 Å². The van der Waals surface area contributed by atoms with E-state index in [1.165, 1.54) is 11.1 Å². The van der Waals surface area contributed by atoms with E-state index in [2.05, 4.69) is 29.2 Å². The lowest BCUT2D eigenvalue weighted by atomic mass is 9.98. The van der Waals surface area contributed by atoms with Crippen molar-refractivity contribution >= 4 is 20.8 Å². The Morgan fingerprint density at radius 3 is 2.46 bits per heavy atom. The first-order chi connectivity index (χ1) is 13.6. The Bertz CT molecular complexity index is 1120. The molecule has 28 heavy (non-hydrogen) atoms.